The van der Waals surface area contributed by atoms with E-state index < -0.39 is 0 Å². The average molecular weight is 345 g/mol. The summed E-state index contributed by atoms with van der Waals surface area (Å²) in [7, 11) is 1.37. The Morgan fingerprint density at radius 2 is 1.96 bits per heavy atom. The van der Waals surface area contributed by atoms with Crippen LogP contribution in [0.15, 0.2) is 42.5 Å². The number of nitrogens with zero attached hydrogens (tertiary/aromatic N) is 1. The minimum Gasteiger partial charge on any atom is -0.453 e. The number of nitrogens with one attached hydrogen (secondary N) is 1. The van der Waals surface area contributed by atoms with Gasteiger partial charge in [-0.1, -0.05) is 29.8 Å². The van der Waals surface area contributed by atoms with Gasteiger partial charge < -0.3 is 15.0 Å². The number of carbonyl (C=O) groups is 2. The normalized spacial score (nSPS) is 13.2. The van der Waals surface area contributed by atoms with E-state index in [4.69, 9.17) is 16.3 Å². The van der Waals surface area contributed by atoms with E-state index >= 15 is 0 Å². The molecule has 24 heavy (non-hydrogen) atoms. The summed E-state index contributed by atoms with van der Waals surface area (Å²) in [4.78, 5) is 25.7. The number of hydrogen-bond donors (Lipinski definition) is 1. The standard InChI is InChI=1S/C18H17ClN2O3/c1-24-18(23)21-9-8-12-6-7-14(10-13(12)11-21)20-17(22)15-4-2-3-5-16(15)19/h2-7,10H,8-9,11H2,1H3,(H,20,22). The van der Waals surface area contributed by atoms with E-state index in [1.165, 1.54) is 12.7 Å². The molecule has 0 spiro atoms. The van der Waals surface area contributed by atoms with Crippen molar-refractivity contribution in [2.45, 2.75) is 13.0 Å². The Morgan fingerprint density at radius 1 is 1.17 bits per heavy atom. The van der Waals surface area contributed by atoms with Crippen LogP contribution in [0.3, 0.4) is 0 Å². The molecule has 2 aromatic rings. The molecule has 0 aromatic heterocycles. The summed E-state index contributed by atoms with van der Waals surface area (Å²) in [5.41, 5.74) is 3.27. The second kappa shape index (κ2) is 6.93. The summed E-state index contributed by atoms with van der Waals surface area (Å²) in [6.45, 7) is 1.10. The maximum atomic E-state index is 12.3. The van der Waals surface area contributed by atoms with Gasteiger partial charge >= 0.3 is 6.09 Å². The van der Waals surface area contributed by atoms with Gasteiger partial charge in [-0.05, 0) is 41.8 Å². The van der Waals surface area contributed by atoms with Crippen molar-refractivity contribution in [1.29, 1.82) is 0 Å². The largest absolute Gasteiger partial charge is 0.453 e. The fraction of sp³-hybridized carbons (Fsp3) is 0.222. The molecular weight excluding hydrogens is 328 g/mol. The number of halogens is 1. The molecule has 5 nitrogen and oxygen atoms in total. The number of methoxy groups -OCH3 is 1. The lowest BCUT2D eigenvalue weighted by atomic mass is 9.99. The van der Waals surface area contributed by atoms with Crippen molar-refractivity contribution in [3.05, 3.63) is 64.2 Å². The van der Waals surface area contributed by atoms with Crippen LogP contribution in [0, 0.1) is 0 Å². The van der Waals surface area contributed by atoms with Crippen molar-refractivity contribution in [3.63, 3.8) is 0 Å². The molecule has 0 unspecified atom stereocenters. The monoisotopic (exact) mass is 344 g/mol. The second-order valence-corrected chi connectivity index (χ2v) is 5.97. The third-order valence-electron chi connectivity index (χ3n) is 4.03. The number of amides is 2. The zero-order valence-electron chi connectivity index (χ0n) is 13.2. The number of fused-ring (bicyclic) bond motifs is 1. The Hall–Kier alpha value is -2.53. The number of benzene rings is 2. The van der Waals surface area contributed by atoms with Gasteiger partial charge in [0.2, 0.25) is 0 Å². The van der Waals surface area contributed by atoms with Crippen LogP contribution in [0.5, 0.6) is 0 Å². The maximum Gasteiger partial charge on any atom is 0.409 e. The van der Waals surface area contributed by atoms with E-state index in [0.717, 1.165) is 12.0 Å². The summed E-state index contributed by atoms with van der Waals surface area (Å²) in [5.74, 6) is -0.263. The van der Waals surface area contributed by atoms with Crippen LogP contribution in [0.2, 0.25) is 5.02 Å². The molecule has 0 atom stereocenters. The van der Waals surface area contributed by atoms with E-state index in [0.29, 0.717) is 29.4 Å². The lowest BCUT2D eigenvalue weighted by Crippen LogP contribution is -2.35. The van der Waals surface area contributed by atoms with E-state index in [9.17, 15) is 9.59 Å². The zero-order valence-corrected chi connectivity index (χ0v) is 14.0. The van der Waals surface area contributed by atoms with Crippen molar-refractivity contribution in [2.24, 2.45) is 0 Å². The van der Waals surface area contributed by atoms with Gasteiger partial charge in [-0.3, -0.25) is 4.79 Å². The SMILES string of the molecule is COC(=O)N1CCc2ccc(NC(=O)c3ccccc3Cl)cc2C1. The minimum atomic E-state index is -0.342. The van der Waals surface area contributed by atoms with Gasteiger partial charge in [0.1, 0.15) is 0 Å². The first-order valence-corrected chi connectivity index (χ1v) is 7.97. The molecule has 0 aliphatic carbocycles. The van der Waals surface area contributed by atoms with Crippen molar-refractivity contribution in [2.75, 3.05) is 19.0 Å². The predicted octanol–water partition coefficient (Wildman–Crippen LogP) is 3.72. The highest BCUT2D eigenvalue weighted by Crippen LogP contribution is 2.24. The van der Waals surface area contributed by atoms with E-state index in [1.54, 1.807) is 29.2 Å². The Balaban J connectivity index is 1.78. The van der Waals surface area contributed by atoms with Crippen molar-refractivity contribution < 1.29 is 14.3 Å². The van der Waals surface area contributed by atoms with Crippen LogP contribution < -0.4 is 5.32 Å². The first-order valence-electron chi connectivity index (χ1n) is 7.59. The fourth-order valence-corrected chi connectivity index (χ4v) is 2.99. The Morgan fingerprint density at radius 3 is 2.71 bits per heavy atom. The molecule has 0 radical (unpaired) electrons. The molecule has 1 aliphatic heterocycles. The first kappa shape index (κ1) is 16.3. The van der Waals surface area contributed by atoms with Crippen LogP contribution in [-0.4, -0.2) is 30.6 Å². The number of rotatable bonds is 2. The lowest BCUT2D eigenvalue weighted by Gasteiger charge is -2.28. The van der Waals surface area contributed by atoms with Gasteiger partial charge in [0.15, 0.2) is 0 Å². The predicted molar refractivity (Wildman–Crippen MR) is 92.4 cm³/mol. The Kier molecular flexibility index (Phi) is 4.71. The molecular formula is C18H17ClN2O3. The third kappa shape index (κ3) is 3.36. The van der Waals surface area contributed by atoms with Gasteiger partial charge in [-0.15, -0.1) is 0 Å². The van der Waals surface area contributed by atoms with Crippen LogP contribution in [0.4, 0.5) is 10.5 Å². The number of carbonyl (C=O) groups excluding carboxylic acids is 2. The molecule has 2 aromatic carbocycles. The summed E-state index contributed by atoms with van der Waals surface area (Å²) < 4.78 is 4.77. The molecule has 0 saturated heterocycles. The van der Waals surface area contributed by atoms with Gasteiger partial charge in [-0.25, -0.2) is 4.79 Å². The zero-order chi connectivity index (χ0) is 17.1. The third-order valence-corrected chi connectivity index (χ3v) is 4.36. The first-order chi connectivity index (χ1) is 11.6. The molecule has 1 N–H and O–H groups in total. The molecule has 1 heterocycles. The van der Waals surface area contributed by atoms with E-state index in [2.05, 4.69) is 5.32 Å². The van der Waals surface area contributed by atoms with Crippen molar-refractivity contribution in [1.82, 2.24) is 4.90 Å². The fourth-order valence-electron chi connectivity index (χ4n) is 2.76. The number of anilines is 1. The van der Waals surface area contributed by atoms with E-state index in [-0.39, 0.29) is 12.0 Å². The molecule has 124 valence electrons. The smallest absolute Gasteiger partial charge is 0.409 e. The Bertz CT molecular complexity index is 792. The average Bonchev–Trinajstić information content (AvgIpc) is 2.60. The highest BCUT2D eigenvalue weighted by Gasteiger charge is 2.21. The van der Waals surface area contributed by atoms with E-state index in [1.807, 2.05) is 18.2 Å². The molecule has 3 rings (SSSR count). The van der Waals surface area contributed by atoms with Crippen LogP contribution >= 0.6 is 11.6 Å². The molecule has 0 fully saturated rings. The van der Waals surface area contributed by atoms with Gasteiger partial charge in [0, 0.05) is 18.8 Å². The molecule has 1 aliphatic rings. The van der Waals surface area contributed by atoms with Crippen LogP contribution in [-0.2, 0) is 17.7 Å². The summed E-state index contributed by atoms with van der Waals surface area (Å²) in [6.07, 6.45) is 0.426. The van der Waals surface area contributed by atoms with Crippen molar-refractivity contribution >= 4 is 29.3 Å². The van der Waals surface area contributed by atoms with Crippen LogP contribution in [0.25, 0.3) is 0 Å². The molecule has 0 bridgehead atoms. The van der Waals surface area contributed by atoms with Crippen LogP contribution in [0.1, 0.15) is 21.5 Å². The lowest BCUT2D eigenvalue weighted by molar-refractivity contribution is 0.102. The summed E-state index contributed by atoms with van der Waals surface area (Å²) in [6, 6.07) is 12.6. The number of ether oxygens (including phenoxy) is 1. The highest BCUT2D eigenvalue weighted by molar-refractivity contribution is 6.34. The molecule has 2 amide bonds. The number of hydrogen-bond acceptors (Lipinski definition) is 3. The molecule has 0 saturated carbocycles. The quantitative estimate of drug-likeness (QED) is 0.903. The summed E-state index contributed by atoms with van der Waals surface area (Å²) in [5, 5.41) is 3.26. The minimum absolute atomic E-state index is 0.263. The van der Waals surface area contributed by atoms with Gasteiger partial charge in [-0.2, -0.15) is 0 Å². The van der Waals surface area contributed by atoms with Crippen molar-refractivity contribution in [3.8, 4) is 0 Å². The summed E-state index contributed by atoms with van der Waals surface area (Å²) >= 11 is 6.05. The Labute approximate surface area is 145 Å². The maximum absolute atomic E-state index is 12.3. The second-order valence-electron chi connectivity index (χ2n) is 5.56. The van der Waals surface area contributed by atoms with Gasteiger partial charge in [0.25, 0.3) is 5.91 Å². The van der Waals surface area contributed by atoms with Gasteiger partial charge in [0.05, 0.1) is 17.7 Å². The topological polar surface area (TPSA) is 58.6 Å². The molecule has 6 heteroatoms. The highest BCUT2D eigenvalue weighted by atomic mass is 35.5.